The minimum Gasteiger partial charge on any atom is -0.481 e. The smallest absolute Gasteiger partial charge is 0.303 e. The number of carbonyl (C=O) groups is 8. The van der Waals surface area contributed by atoms with Gasteiger partial charge in [0.25, 0.3) is 0 Å². The number of aliphatic carboxylic acids is 1. The fourth-order valence-corrected chi connectivity index (χ4v) is 6.30. The topological polar surface area (TPSA) is 301 Å². The first-order chi connectivity index (χ1) is 26.9. The average molecular weight is 794 g/mol. The summed E-state index contributed by atoms with van der Waals surface area (Å²) in [7, 11) is 0. The van der Waals surface area contributed by atoms with E-state index in [-0.39, 0.29) is 37.4 Å². The number of rotatable bonds is 9. The lowest BCUT2D eigenvalue weighted by molar-refractivity contribution is -0.138. The Kier molecular flexibility index (Phi) is 14.8. The van der Waals surface area contributed by atoms with E-state index in [0.29, 0.717) is 5.56 Å². The zero-order chi connectivity index (χ0) is 42.0. The van der Waals surface area contributed by atoms with Crippen molar-refractivity contribution >= 4 is 58.2 Å². The number of carbonyl (C=O) groups excluding carboxylic acids is 7. The van der Waals surface area contributed by atoms with E-state index in [1.165, 1.54) is 13.1 Å². The Morgan fingerprint density at radius 2 is 1.51 bits per heavy atom. The van der Waals surface area contributed by atoms with Crippen molar-refractivity contribution in [2.45, 2.75) is 110 Å². The van der Waals surface area contributed by atoms with Gasteiger partial charge in [0.2, 0.25) is 41.4 Å². The molecular weight excluding hydrogens is 742 g/mol. The highest BCUT2D eigenvalue weighted by Gasteiger charge is 2.35. The number of H-pyrrole nitrogens is 1. The molecule has 57 heavy (non-hydrogen) atoms. The molecule has 1 unspecified atom stereocenters. The largest absolute Gasteiger partial charge is 0.481 e. The number of carboxylic acid groups (broad SMARTS) is 1. The number of carboxylic acids is 1. The highest BCUT2D eigenvalue weighted by atomic mass is 16.4. The van der Waals surface area contributed by atoms with E-state index in [2.05, 4.69) is 47.2 Å². The van der Waals surface area contributed by atoms with Crippen molar-refractivity contribution in [1.82, 2.24) is 51.9 Å². The monoisotopic (exact) mass is 793 g/mol. The van der Waals surface area contributed by atoms with Gasteiger partial charge in [-0.15, -0.1) is 5.10 Å². The van der Waals surface area contributed by atoms with Crippen molar-refractivity contribution in [3.05, 3.63) is 47.9 Å². The molecule has 20 nitrogen and oxygen atoms in total. The first kappa shape index (κ1) is 43.4. The highest BCUT2D eigenvalue weighted by Crippen LogP contribution is 2.20. The molecule has 0 fully saturated rings. The zero-order valence-corrected chi connectivity index (χ0v) is 32.5. The fourth-order valence-electron chi connectivity index (χ4n) is 6.30. The number of nitrogens with one attached hydrogen (secondary N) is 7. The van der Waals surface area contributed by atoms with Gasteiger partial charge >= 0.3 is 5.97 Å². The third kappa shape index (κ3) is 12.3. The Labute approximate surface area is 328 Å². The van der Waals surface area contributed by atoms with E-state index in [1.54, 1.807) is 26.1 Å². The van der Waals surface area contributed by atoms with Gasteiger partial charge in [-0.25, -0.2) is 4.68 Å². The number of aromatic amines is 1. The Balaban J connectivity index is 1.75. The Morgan fingerprint density at radius 1 is 0.860 bits per heavy atom. The van der Waals surface area contributed by atoms with Crippen LogP contribution in [0.15, 0.2) is 36.7 Å². The number of benzene rings is 1. The maximum absolute atomic E-state index is 14.2. The molecule has 308 valence electrons. The van der Waals surface area contributed by atoms with Crippen LogP contribution >= 0.6 is 0 Å². The van der Waals surface area contributed by atoms with Crippen molar-refractivity contribution < 1.29 is 43.5 Å². The summed E-state index contributed by atoms with van der Waals surface area (Å²) >= 11 is 0. The van der Waals surface area contributed by atoms with E-state index in [9.17, 15) is 43.5 Å². The molecule has 2 aromatic heterocycles. The second-order valence-corrected chi connectivity index (χ2v) is 14.9. The molecule has 0 saturated heterocycles. The molecule has 20 heteroatoms. The van der Waals surface area contributed by atoms with Gasteiger partial charge in [-0.3, -0.25) is 38.4 Å². The molecule has 0 aliphatic carbocycles. The zero-order valence-electron chi connectivity index (χ0n) is 32.5. The third-order valence-electron chi connectivity index (χ3n) is 9.33. The summed E-state index contributed by atoms with van der Waals surface area (Å²) in [6, 6.07) is -0.437. The number of fused-ring (bicyclic) bond motifs is 3. The van der Waals surface area contributed by atoms with Crippen LogP contribution in [0.2, 0.25) is 0 Å². The van der Waals surface area contributed by atoms with Crippen LogP contribution in [0.1, 0.15) is 65.1 Å². The van der Waals surface area contributed by atoms with Crippen molar-refractivity contribution in [2.75, 3.05) is 0 Å². The summed E-state index contributed by atoms with van der Waals surface area (Å²) in [6.45, 7) is 8.09. The maximum atomic E-state index is 14.2. The van der Waals surface area contributed by atoms with Crippen molar-refractivity contribution in [2.24, 2.45) is 17.6 Å². The van der Waals surface area contributed by atoms with Gasteiger partial charge < -0.3 is 47.7 Å². The lowest BCUT2D eigenvalue weighted by atomic mass is 9.98. The predicted molar refractivity (Wildman–Crippen MR) is 203 cm³/mol. The number of nitrogens with two attached hydrogens (primary N) is 1. The summed E-state index contributed by atoms with van der Waals surface area (Å²) in [5.41, 5.74) is 7.14. The van der Waals surface area contributed by atoms with E-state index in [4.69, 9.17) is 5.73 Å². The maximum Gasteiger partial charge on any atom is 0.303 e. The molecule has 0 radical (unpaired) electrons. The van der Waals surface area contributed by atoms with Gasteiger partial charge in [-0.2, -0.15) is 0 Å². The molecule has 4 rings (SSSR count). The summed E-state index contributed by atoms with van der Waals surface area (Å²) < 4.78 is 1.14. The van der Waals surface area contributed by atoms with Crippen LogP contribution in [0.4, 0.5) is 0 Å². The molecule has 3 heterocycles. The van der Waals surface area contributed by atoms with Gasteiger partial charge in [0.1, 0.15) is 42.8 Å². The lowest BCUT2D eigenvalue weighted by Gasteiger charge is -2.29. The average Bonchev–Trinajstić information content (AvgIpc) is 3.76. The molecule has 1 aliphatic rings. The van der Waals surface area contributed by atoms with Crippen LogP contribution in [-0.2, 0) is 57.7 Å². The predicted octanol–water partition coefficient (Wildman–Crippen LogP) is -1.46. The molecule has 10 N–H and O–H groups in total. The number of primary amides is 1. The number of hydrogen-bond acceptors (Lipinski definition) is 10. The fraction of sp³-hybridized carbons (Fsp3) is 0.514. The number of hydrogen-bond donors (Lipinski definition) is 9. The quantitative estimate of drug-likeness (QED) is 0.121. The van der Waals surface area contributed by atoms with Crippen LogP contribution in [0.25, 0.3) is 10.9 Å². The first-order valence-electron chi connectivity index (χ1n) is 18.7. The van der Waals surface area contributed by atoms with E-state index in [1.807, 2.05) is 32.0 Å². The van der Waals surface area contributed by atoms with Gasteiger partial charge in [0.15, 0.2) is 0 Å². The third-order valence-corrected chi connectivity index (χ3v) is 9.33. The minimum atomic E-state index is -1.51. The van der Waals surface area contributed by atoms with E-state index in [0.717, 1.165) is 15.6 Å². The van der Waals surface area contributed by atoms with Gasteiger partial charge in [-0.05, 0) is 43.2 Å². The van der Waals surface area contributed by atoms with Gasteiger partial charge in [-0.1, -0.05) is 51.1 Å². The lowest BCUT2D eigenvalue weighted by Crippen LogP contribution is -2.60. The van der Waals surface area contributed by atoms with Crippen LogP contribution in [-0.4, -0.2) is 109 Å². The molecule has 3 aromatic rings. The van der Waals surface area contributed by atoms with Gasteiger partial charge in [0.05, 0.1) is 5.69 Å². The molecule has 1 aliphatic heterocycles. The van der Waals surface area contributed by atoms with Crippen LogP contribution < -0.4 is 37.6 Å². The summed E-state index contributed by atoms with van der Waals surface area (Å²) in [4.78, 5) is 109. The Bertz CT molecular complexity index is 1970. The molecule has 0 spiro atoms. The summed E-state index contributed by atoms with van der Waals surface area (Å²) in [5.74, 6) is -7.35. The second-order valence-electron chi connectivity index (χ2n) is 14.9. The molecule has 6 atom stereocenters. The number of amides is 7. The molecule has 7 amide bonds. The van der Waals surface area contributed by atoms with Gasteiger partial charge in [0, 0.05) is 42.6 Å². The molecule has 1 aromatic carbocycles. The second kappa shape index (κ2) is 19.5. The van der Waals surface area contributed by atoms with Crippen LogP contribution in [0, 0.1) is 11.8 Å². The summed E-state index contributed by atoms with van der Waals surface area (Å²) in [5, 5.41) is 33.7. The molecule has 2 bridgehead atoms. The normalized spacial score (nSPS) is 23.6. The summed E-state index contributed by atoms with van der Waals surface area (Å²) in [6.07, 6.45) is 1.81. The molecular formula is C37H51N11O9. The SMILES string of the molecule is CC(C)C[C@@H]1NC(=O)C(C(C)C)NC(=O)[C@H](C)NC(=O)Cn2cc(nn2)C[C@@H](C(N)=O)NC(=O)[C@@H](CCC(=O)O)NC(=O)[C@@H](Cc2c[nH]c3ccccc23)NC1=O. The Hall–Kier alpha value is -6.34. The van der Waals surface area contributed by atoms with Crippen molar-refractivity contribution in [3.8, 4) is 0 Å². The van der Waals surface area contributed by atoms with E-state index >= 15 is 0 Å². The standard InChI is InChI=1S/C37H51N11O9/c1-18(2)12-27-35(55)43-28(13-21-15-39-24-9-7-6-8-23(21)24)36(56)41-25(10-11-30(50)51)34(54)42-26(32(38)52)14-22-16-48(47-46-22)17-29(49)40-20(5)33(53)45-31(19(3)4)37(57)44-27/h6-9,15-16,18-20,25-28,31,39H,10-14,17H2,1-5H3,(H2,38,52)(H,40,49)(H,41,56)(H,42,54)(H,43,55)(H,44,57)(H,45,53)(H,50,51)/t20-,25+,26-,27-,28+,31?/m0/s1. The van der Waals surface area contributed by atoms with Crippen molar-refractivity contribution in [1.29, 1.82) is 0 Å². The van der Waals surface area contributed by atoms with E-state index < -0.39 is 102 Å². The molecule has 0 saturated carbocycles. The van der Waals surface area contributed by atoms with Crippen LogP contribution in [0.5, 0.6) is 0 Å². The van der Waals surface area contributed by atoms with Crippen LogP contribution in [0.3, 0.4) is 0 Å². The first-order valence-corrected chi connectivity index (χ1v) is 18.7. The minimum absolute atomic E-state index is 0.0922. The highest BCUT2D eigenvalue weighted by molar-refractivity contribution is 5.97. The number of nitrogens with zero attached hydrogens (tertiary/aromatic N) is 3. The number of para-hydroxylation sites is 1. The number of aromatic nitrogens is 4. The van der Waals surface area contributed by atoms with Crippen molar-refractivity contribution in [3.63, 3.8) is 0 Å². The Morgan fingerprint density at radius 3 is 2.18 bits per heavy atom.